The minimum absolute atomic E-state index is 0.481. The van der Waals surface area contributed by atoms with Gasteiger partial charge in [-0.05, 0) is 58.5 Å². The highest BCUT2D eigenvalue weighted by Gasteiger charge is 2.32. The Labute approximate surface area is 138 Å². The van der Waals surface area contributed by atoms with E-state index in [1.807, 2.05) is 30.3 Å². The fourth-order valence-electron chi connectivity index (χ4n) is 2.83. The first-order chi connectivity index (χ1) is 10.2. The number of hydrogen-bond donors (Lipinski definition) is 1. The molecule has 0 radical (unpaired) electrons. The Bertz CT molecular complexity index is 640. The van der Waals surface area contributed by atoms with E-state index < -0.39 is 0 Å². The third-order valence-corrected chi connectivity index (χ3v) is 5.43. The minimum atomic E-state index is 0.481. The standard InChI is InChI=1S/C17H17BrClNO/c1-21-16-8-3-2-5-13(16)11-9-12(10-11)20-15-7-4-6-14(19)17(15)18/h2-8,11-12,20H,9-10H2,1H3. The van der Waals surface area contributed by atoms with Crippen LogP contribution in [0.1, 0.15) is 24.3 Å². The van der Waals surface area contributed by atoms with Crippen molar-refractivity contribution in [1.82, 2.24) is 0 Å². The third-order valence-electron chi connectivity index (χ3n) is 4.03. The summed E-state index contributed by atoms with van der Waals surface area (Å²) >= 11 is 9.65. The number of ether oxygens (including phenoxy) is 1. The molecule has 0 atom stereocenters. The molecule has 0 spiro atoms. The van der Waals surface area contributed by atoms with Crippen LogP contribution in [0.5, 0.6) is 5.75 Å². The molecule has 0 bridgehead atoms. The number of anilines is 1. The van der Waals surface area contributed by atoms with Crippen molar-refractivity contribution in [1.29, 1.82) is 0 Å². The van der Waals surface area contributed by atoms with Crippen LogP contribution in [0, 0.1) is 0 Å². The summed E-state index contributed by atoms with van der Waals surface area (Å²) in [6, 6.07) is 14.7. The van der Waals surface area contributed by atoms with Gasteiger partial charge in [0, 0.05) is 6.04 Å². The predicted octanol–water partition coefficient (Wildman–Crippen LogP) is 5.47. The Hall–Kier alpha value is -1.19. The van der Waals surface area contributed by atoms with Crippen molar-refractivity contribution >= 4 is 33.2 Å². The predicted molar refractivity (Wildman–Crippen MR) is 91.5 cm³/mol. The summed E-state index contributed by atoms with van der Waals surface area (Å²) in [5.74, 6) is 1.56. The Kier molecular flexibility index (Phi) is 4.41. The van der Waals surface area contributed by atoms with E-state index in [0.29, 0.717) is 12.0 Å². The number of nitrogens with one attached hydrogen (secondary N) is 1. The zero-order valence-electron chi connectivity index (χ0n) is 11.8. The van der Waals surface area contributed by atoms with Crippen molar-refractivity contribution in [2.45, 2.75) is 24.8 Å². The molecule has 1 N–H and O–H groups in total. The van der Waals surface area contributed by atoms with E-state index in [2.05, 4.69) is 33.4 Å². The highest BCUT2D eigenvalue weighted by Crippen LogP contribution is 2.43. The lowest BCUT2D eigenvalue weighted by atomic mass is 9.75. The van der Waals surface area contributed by atoms with E-state index in [4.69, 9.17) is 16.3 Å². The molecule has 0 amide bonds. The maximum atomic E-state index is 6.12. The molecule has 110 valence electrons. The van der Waals surface area contributed by atoms with Gasteiger partial charge in [-0.2, -0.15) is 0 Å². The molecule has 4 heteroatoms. The molecule has 1 aliphatic carbocycles. The molecule has 1 fully saturated rings. The van der Waals surface area contributed by atoms with E-state index in [-0.39, 0.29) is 0 Å². The average molecular weight is 367 g/mol. The number of benzene rings is 2. The van der Waals surface area contributed by atoms with Gasteiger partial charge in [0.2, 0.25) is 0 Å². The van der Waals surface area contributed by atoms with E-state index in [1.54, 1.807) is 7.11 Å². The Morgan fingerprint density at radius 2 is 1.90 bits per heavy atom. The van der Waals surface area contributed by atoms with Crippen LogP contribution in [0.2, 0.25) is 5.02 Å². The van der Waals surface area contributed by atoms with Crippen LogP contribution in [-0.2, 0) is 0 Å². The van der Waals surface area contributed by atoms with Crippen molar-refractivity contribution in [2.75, 3.05) is 12.4 Å². The lowest BCUT2D eigenvalue weighted by molar-refractivity contribution is 0.349. The summed E-state index contributed by atoms with van der Waals surface area (Å²) in [6.45, 7) is 0. The van der Waals surface area contributed by atoms with Crippen molar-refractivity contribution in [3.63, 3.8) is 0 Å². The number of halogens is 2. The Morgan fingerprint density at radius 1 is 1.14 bits per heavy atom. The van der Waals surface area contributed by atoms with Gasteiger partial charge in [0.05, 0.1) is 22.3 Å². The van der Waals surface area contributed by atoms with Crippen LogP contribution in [0.3, 0.4) is 0 Å². The maximum absolute atomic E-state index is 6.12. The average Bonchev–Trinajstić information content (AvgIpc) is 2.46. The second-order valence-corrected chi connectivity index (χ2v) is 6.55. The number of hydrogen-bond acceptors (Lipinski definition) is 2. The van der Waals surface area contributed by atoms with Crippen LogP contribution in [0.4, 0.5) is 5.69 Å². The molecule has 2 aromatic carbocycles. The Morgan fingerprint density at radius 3 is 2.67 bits per heavy atom. The SMILES string of the molecule is COc1ccccc1C1CC(Nc2cccc(Cl)c2Br)C1. The fourth-order valence-corrected chi connectivity index (χ4v) is 3.38. The summed E-state index contributed by atoms with van der Waals surface area (Å²) in [6.07, 6.45) is 2.22. The lowest BCUT2D eigenvalue weighted by Crippen LogP contribution is -2.34. The molecule has 2 aromatic rings. The van der Waals surface area contributed by atoms with Gasteiger partial charge in [-0.3, -0.25) is 0 Å². The minimum Gasteiger partial charge on any atom is -0.496 e. The van der Waals surface area contributed by atoms with Gasteiger partial charge in [0.25, 0.3) is 0 Å². The largest absolute Gasteiger partial charge is 0.496 e. The quantitative estimate of drug-likeness (QED) is 0.774. The van der Waals surface area contributed by atoms with E-state index in [0.717, 1.165) is 33.8 Å². The maximum Gasteiger partial charge on any atom is 0.122 e. The normalized spacial score (nSPS) is 20.7. The van der Waals surface area contributed by atoms with Gasteiger partial charge in [0.15, 0.2) is 0 Å². The summed E-state index contributed by atoms with van der Waals surface area (Å²) < 4.78 is 6.38. The highest BCUT2D eigenvalue weighted by molar-refractivity contribution is 9.10. The molecule has 0 unspecified atom stereocenters. The first kappa shape index (κ1) is 14.7. The van der Waals surface area contributed by atoms with E-state index in [9.17, 15) is 0 Å². The van der Waals surface area contributed by atoms with Crippen LogP contribution >= 0.6 is 27.5 Å². The number of methoxy groups -OCH3 is 1. The van der Waals surface area contributed by atoms with E-state index >= 15 is 0 Å². The number of rotatable bonds is 4. The van der Waals surface area contributed by atoms with Crippen molar-refractivity contribution in [3.8, 4) is 5.75 Å². The first-order valence-corrected chi connectivity index (χ1v) is 8.19. The smallest absolute Gasteiger partial charge is 0.122 e. The second-order valence-electron chi connectivity index (χ2n) is 5.35. The second kappa shape index (κ2) is 6.29. The fraction of sp³-hybridized carbons (Fsp3) is 0.294. The van der Waals surface area contributed by atoms with Crippen LogP contribution in [-0.4, -0.2) is 13.2 Å². The molecule has 3 rings (SSSR count). The van der Waals surface area contributed by atoms with Gasteiger partial charge in [-0.1, -0.05) is 35.9 Å². The van der Waals surface area contributed by atoms with Crippen LogP contribution in [0.25, 0.3) is 0 Å². The van der Waals surface area contributed by atoms with Crippen LogP contribution < -0.4 is 10.1 Å². The zero-order chi connectivity index (χ0) is 14.8. The third kappa shape index (κ3) is 3.04. The van der Waals surface area contributed by atoms with Crippen molar-refractivity contribution < 1.29 is 4.74 Å². The molecule has 21 heavy (non-hydrogen) atoms. The summed E-state index contributed by atoms with van der Waals surface area (Å²) in [7, 11) is 1.73. The summed E-state index contributed by atoms with van der Waals surface area (Å²) in [5.41, 5.74) is 2.37. The Balaban J connectivity index is 1.65. The topological polar surface area (TPSA) is 21.3 Å². The summed E-state index contributed by atoms with van der Waals surface area (Å²) in [4.78, 5) is 0. The molecule has 0 aromatic heterocycles. The van der Waals surface area contributed by atoms with Gasteiger partial charge >= 0.3 is 0 Å². The number of para-hydroxylation sites is 1. The molecule has 1 aliphatic rings. The molecule has 2 nitrogen and oxygen atoms in total. The zero-order valence-corrected chi connectivity index (χ0v) is 14.1. The molecule has 0 saturated heterocycles. The van der Waals surface area contributed by atoms with Crippen LogP contribution in [0.15, 0.2) is 46.9 Å². The van der Waals surface area contributed by atoms with Crippen molar-refractivity contribution in [2.24, 2.45) is 0 Å². The summed E-state index contributed by atoms with van der Waals surface area (Å²) in [5, 5.41) is 4.29. The van der Waals surface area contributed by atoms with Gasteiger partial charge in [-0.25, -0.2) is 0 Å². The molecular formula is C17H17BrClNO. The molecule has 0 heterocycles. The van der Waals surface area contributed by atoms with Gasteiger partial charge in [-0.15, -0.1) is 0 Å². The highest BCUT2D eigenvalue weighted by atomic mass is 79.9. The monoisotopic (exact) mass is 365 g/mol. The van der Waals surface area contributed by atoms with Crippen molar-refractivity contribution in [3.05, 3.63) is 57.5 Å². The first-order valence-electron chi connectivity index (χ1n) is 7.02. The lowest BCUT2D eigenvalue weighted by Gasteiger charge is -2.37. The molecule has 1 saturated carbocycles. The molecule has 0 aliphatic heterocycles. The van der Waals surface area contributed by atoms with Gasteiger partial charge in [0.1, 0.15) is 5.75 Å². The van der Waals surface area contributed by atoms with E-state index in [1.165, 1.54) is 5.56 Å². The molecular weight excluding hydrogens is 350 g/mol. The van der Waals surface area contributed by atoms with Gasteiger partial charge < -0.3 is 10.1 Å².